The topological polar surface area (TPSA) is 69.4 Å². The highest BCUT2D eigenvalue weighted by Crippen LogP contribution is 2.30. The van der Waals surface area contributed by atoms with Gasteiger partial charge in [-0.3, -0.25) is 4.79 Å². The highest BCUT2D eigenvalue weighted by Gasteiger charge is 2.24. The average molecular weight is 240 g/mol. The van der Waals surface area contributed by atoms with Crippen molar-refractivity contribution >= 4 is 34.0 Å². The summed E-state index contributed by atoms with van der Waals surface area (Å²) < 4.78 is 7.05. The quantitative estimate of drug-likeness (QED) is 0.720. The molecule has 76 valence electrons. The second-order valence-electron chi connectivity index (χ2n) is 2.73. The number of aromatic nitrogens is 4. The molecule has 6 nitrogen and oxygen atoms in total. The van der Waals surface area contributed by atoms with E-state index in [4.69, 9.17) is 4.74 Å². The van der Waals surface area contributed by atoms with Gasteiger partial charge in [0.1, 0.15) is 11.6 Å². The molecule has 0 fully saturated rings. The van der Waals surface area contributed by atoms with E-state index in [1.54, 1.807) is 10.6 Å². The average Bonchev–Trinajstić information content (AvgIpc) is 2.83. The first-order chi connectivity index (χ1) is 7.33. The predicted molar refractivity (Wildman–Crippen MR) is 53.5 cm³/mol. The number of hydrogen-bond donors (Lipinski definition) is 0. The number of carbonyl (C=O) groups excluding carboxylic acids is 1. The Hall–Kier alpha value is -1.41. The summed E-state index contributed by atoms with van der Waals surface area (Å²) in [6.07, 6.45) is 4.63. The van der Waals surface area contributed by atoms with Gasteiger partial charge in [0.25, 0.3) is 0 Å². The van der Waals surface area contributed by atoms with Crippen LogP contribution in [0.2, 0.25) is 0 Å². The number of nitrogens with zero attached hydrogens (tertiary/aromatic N) is 4. The van der Waals surface area contributed by atoms with Gasteiger partial charge in [0, 0.05) is 0 Å². The van der Waals surface area contributed by atoms with Crippen LogP contribution < -0.4 is 0 Å². The molecule has 15 heavy (non-hydrogen) atoms. The number of esters is 1. The van der Waals surface area contributed by atoms with Crippen molar-refractivity contribution in [3.8, 4) is 0 Å². The molecule has 0 aromatic carbocycles. The number of carbonyl (C=O) groups is 1. The highest BCUT2D eigenvalue weighted by atomic mass is 32.2. The summed E-state index contributed by atoms with van der Waals surface area (Å²) in [7, 11) is 0. The molecule has 0 saturated heterocycles. The van der Waals surface area contributed by atoms with E-state index < -0.39 is 0 Å². The fraction of sp³-hybridized carbons (Fsp3) is 0.143. The van der Waals surface area contributed by atoms with E-state index in [2.05, 4.69) is 15.3 Å². The molecule has 1 atom stereocenters. The van der Waals surface area contributed by atoms with E-state index >= 15 is 0 Å². The van der Waals surface area contributed by atoms with Gasteiger partial charge in [-0.05, 0) is 6.08 Å². The molecule has 0 amide bonds. The van der Waals surface area contributed by atoms with Crippen LogP contribution in [0.25, 0.3) is 4.96 Å². The van der Waals surface area contributed by atoms with Gasteiger partial charge in [-0.25, -0.2) is 0 Å². The van der Waals surface area contributed by atoms with Crippen molar-refractivity contribution in [3.63, 3.8) is 0 Å². The van der Waals surface area contributed by atoms with E-state index in [-0.39, 0.29) is 11.2 Å². The Kier molecular flexibility index (Phi) is 1.96. The van der Waals surface area contributed by atoms with Gasteiger partial charge < -0.3 is 4.74 Å². The summed E-state index contributed by atoms with van der Waals surface area (Å²) in [5.74, 6) is -0.258. The number of hydrogen-bond acceptors (Lipinski definition) is 7. The molecule has 0 aliphatic carbocycles. The van der Waals surface area contributed by atoms with Crippen molar-refractivity contribution < 1.29 is 9.53 Å². The summed E-state index contributed by atoms with van der Waals surface area (Å²) >= 11 is 2.74. The van der Waals surface area contributed by atoms with Crippen LogP contribution >= 0.6 is 23.1 Å². The van der Waals surface area contributed by atoms with Crippen LogP contribution in [-0.4, -0.2) is 31.0 Å². The van der Waals surface area contributed by atoms with Crippen LogP contribution in [0.4, 0.5) is 0 Å². The first-order valence-electron chi connectivity index (χ1n) is 4.03. The van der Waals surface area contributed by atoms with E-state index in [0.29, 0.717) is 4.96 Å². The minimum Gasteiger partial charge on any atom is -0.434 e. The Morgan fingerprint density at radius 1 is 1.60 bits per heavy atom. The summed E-state index contributed by atoms with van der Waals surface area (Å²) in [5.41, 5.74) is 0. The van der Waals surface area contributed by atoms with Crippen LogP contribution in [0, 0.1) is 0 Å². The lowest BCUT2D eigenvalue weighted by Crippen LogP contribution is -2.09. The van der Waals surface area contributed by atoms with E-state index in [9.17, 15) is 4.79 Å². The van der Waals surface area contributed by atoms with Crippen molar-refractivity contribution in [2.75, 3.05) is 0 Å². The first kappa shape index (κ1) is 8.86. The number of cyclic esters (lactones) is 1. The Morgan fingerprint density at radius 3 is 3.27 bits per heavy atom. The van der Waals surface area contributed by atoms with Gasteiger partial charge in [-0.2, -0.15) is 4.52 Å². The van der Waals surface area contributed by atoms with Crippen molar-refractivity contribution in [3.05, 3.63) is 18.7 Å². The molecule has 3 rings (SSSR count). The maximum Gasteiger partial charge on any atom is 0.328 e. The molecule has 8 heteroatoms. The zero-order chi connectivity index (χ0) is 10.3. The maximum absolute atomic E-state index is 11.2. The second-order valence-corrected chi connectivity index (χ2v) is 5.07. The van der Waals surface area contributed by atoms with Gasteiger partial charge >= 0.3 is 5.97 Å². The van der Waals surface area contributed by atoms with Crippen LogP contribution in [0.15, 0.2) is 23.0 Å². The lowest BCUT2D eigenvalue weighted by molar-refractivity contribution is -0.134. The van der Waals surface area contributed by atoms with Gasteiger partial charge in [0.05, 0.1) is 6.26 Å². The molecule has 0 radical (unpaired) electrons. The molecule has 1 aliphatic heterocycles. The summed E-state index contributed by atoms with van der Waals surface area (Å²) in [6.45, 7) is 0. The molecule has 1 unspecified atom stereocenters. The fourth-order valence-corrected chi connectivity index (χ4v) is 3.04. The fourth-order valence-electron chi connectivity index (χ4n) is 1.11. The molecule has 1 aliphatic rings. The van der Waals surface area contributed by atoms with Gasteiger partial charge in [-0.15, -0.1) is 15.3 Å². The minimum atomic E-state index is -0.297. The first-order valence-corrected chi connectivity index (χ1v) is 5.73. The number of rotatable bonds is 2. The summed E-state index contributed by atoms with van der Waals surface area (Å²) in [6, 6.07) is 0. The van der Waals surface area contributed by atoms with E-state index in [1.807, 2.05) is 0 Å². The largest absolute Gasteiger partial charge is 0.434 e. The second kappa shape index (κ2) is 3.31. The van der Waals surface area contributed by atoms with Crippen molar-refractivity contribution in [2.45, 2.75) is 9.59 Å². The lowest BCUT2D eigenvalue weighted by atomic mass is 10.5. The zero-order valence-electron chi connectivity index (χ0n) is 7.23. The molecule has 2 aromatic rings. The Morgan fingerprint density at radius 2 is 2.53 bits per heavy atom. The van der Waals surface area contributed by atoms with Gasteiger partial charge in [-0.1, -0.05) is 23.1 Å². The molecule has 0 bridgehead atoms. The lowest BCUT2D eigenvalue weighted by Gasteiger charge is -1.98. The summed E-state index contributed by atoms with van der Waals surface area (Å²) in [4.78, 5) is 11.9. The number of fused-ring (bicyclic) bond motifs is 1. The summed E-state index contributed by atoms with van der Waals surface area (Å²) in [5, 5.41) is 11.5. The molecule has 0 spiro atoms. The standard InChI is InChI=1S/C7H4N4O2S2/c12-5-4(1-2-13-5)14-7-10-11-3-8-9-6(11)15-7/h1-4H. The predicted octanol–water partition coefficient (Wildman–Crippen LogP) is 0.717. The third kappa shape index (κ3) is 1.51. The molecule has 0 saturated carbocycles. The van der Waals surface area contributed by atoms with Crippen LogP contribution in [0.1, 0.15) is 0 Å². The Labute approximate surface area is 91.9 Å². The third-order valence-corrected chi connectivity index (χ3v) is 3.90. The maximum atomic E-state index is 11.2. The highest BCUT2D eigenvalue weighted by molar-refractivity contribution is 8.02. The van der Waals surface area contributed by atoms with Crippen molar-refractivity contribution in [1.29, 1.82) is 0 Å². The monoisotopic (exact) mass is 240 g/mol. The van der Waals surface area contributed by atoms with Crippen LogP contribution in [-0.2, 0) is 9.53 Å². The Balaban J connectivity index is 1.86. The van der Waals surface area contributed by atoms with Gasteiger partial charge in [0.2, 0.25) is 4.96 Å². The van der Waals surface area contributed by atoms with Crippen molar-refractivity contribution in [2.24, 2.45) is 0 Å². The number of ether oxygens (including phenoxy) is 1. The van der Waals surface area contributed by atoms with Gasteiger partial charge in [0.15, 0.2) is 4.34 Å². The number of thioether (sulfide) groups is 1. The minimum absolute atomic E-state index is 0.258. The van der Waals surface area contributed by atoms with Crippen LogP contribution in [0.5, 0.6) is 0 Å². The van der Waals surface area contributed by atoms with E-state index in [1.165, 1.54) is 35.7 Å². The molecule has 2 aromatic heterocycles. The van der Waals surface area contributed by atoms with E-state index in [0.717, 1.165) is 4.34 Å². The third-order valence-electron chi connectivity index (χ3n) is 1.77. The van der Waals surface area contributed by atoms with Crippen LogP contribution in [0.3, 0.4) is 0 Å². The molecule has 3 heterocycles. The normalized spacial score (nSPS) is 20.0. The SMILES string of the molecule is O=C1OC=CC1Sc1nn2cnnc2s1. The van der Waals surface area contributed by atoms with Crippen molar-refractivity contribution in [1.82, 2.24) is 19.8 Å². The molecule has 0 N–H and O–H groups in total. The Bertz CT molecular complexity index is 517. The molecular weight excluding hydrogens is 236 g/mol. The zero-order valence-corrected chi connectivity index (χ0v) is 8.86. The smallest absolute Gasteiger partial charge is 0.328 e. The molecular formula is C7H4N4O2S2.